The molecule has 1 saturated heterocycles. The van der Waals surface area contributed by atoms with E-state index < -0.39 is 0 Å². The summed E-state index contributed by atoms with van der Waals surface area (Å²) in [6.45, 7) is 1.68. The van der Waals surface area contributed by atoms with Gasteiger partial charge in [0.1, 0.15) is 0 Å². The molecule has 17 heavy (non-hydrogen) atoms. The Balaban J connectivity index is 2.04. The van der Waals surface area contributed by atoms with Crippen molar-refractivity contribution < 1.29 is 4.79 Å². The van der Waals surface area contributed by atoms with Crippen molar-refractivity contribution >= 4 is 49.1 Å². The van der Waals surface area contributed by atoms with Crippen LogP contribution in [0.3, 0.4) is 0 Å². The zero-order valence-electron chi connectivity index (χ0n) is 9.50. The predicted molar refractivity (Wildman–Crippen MR) is 77.7 cm³/mol. The number of thiophene rings is 1. The Kier molecular flexibility index (Phi) is 4.63. The first-order valence-electron chi connectivity index (χ1n) is 5.53. The van der Waals surface area contributed by atoms with E-state index in [1.165, 1.54) is 0 Å². The summed E-state index contributed by atoms with van der Waals surface area (Å²) in [6.07, 6.45) is 2.07. The van der Waals surface area contributed by atoms with E-state index in [0.717, 1.165) is 39.1 Å². The first kappa shape index (κ1) is 13.5. The quantitative estimate of drug-likeness (QED) is 0.853. The number of likely N-dealkylation sites (tertiary alicyclic amines) is 1. The number of halogens is 2. The van der Waals surface area contributed by atoms with Crippen molar-refractivity contribution in [3.63, 3.8) is 0 Å². The Morgan fingerprint density at radius 2 is 2.12 bits per heavy atom. The second-order valence-electron chi connectivity index (χ2n) is 4.09. The van der Waals surface area contributed by atoms with Crippen LogP contribution in [0.2, 0.25) is 0 Å². The summed E-state index contributed by atoms with van der Waals surface area (Å²) in [4.78, 5) is 14.2. The summed E-state index contributed by atoms with van der Waals surface area (Å²) in [5, 5.41) is 3.27. The Labute approximate surface area is 122 Å². The molecule has 0 saturated carbocycles. The van der Waals surface area contributed by atoms with Crippen LogP contribution in [0.1, 0.15) is 23.2 Å². The van der Waals surface area contributed by atoms with Gasteiger partial charge >= 0.3 is 0 Å². The molecular formula is C11H14Br2N2OS. The molecule has 2 rings (SSSR count). The minimum absolute atomic E-state index is 0.133. The summed E-state index contributed by atoms with van der Waals surface area (Å²) in [6, 6.07) is 2.44. The van der Waals surface area contributed by atoms with Gasteiger partial charge in [0.05, 0.1) is 13.1 Å². The normalized spacial score (nSPS) is 17.5. The van der Waals surface area contributed by atoms with Crippen LogP contribution in [0, 0.1) is 0 Å². The zero-order valence-corrected chi connectivity index (χ0v) is 13.5. The van der Waals surface area contributed by atoms with E-state index in [-0.39, 0.29) is 5.91 Å². The molecule has 0 radical (unpaired) electrons. The van der Waals surface area contributed by atoms with E-state index in [2.05, 4.69) is 37.2 Å². The molecule has 1 amide bonds. The smallest absolute Gasteiger partial charge is 0.255 e. The van der Waals surface area contributed by atoms with E-state index in [1.807, 2.05) is 18.0 Å². The molecule has 1 aliphatic heterocycles. The minimum Gasteiger partial charge on any atom is -0.338 e. The molecule has 0 unspecified atom stereocenters. The average Bonchev–Trinajstić information content (AvgIpc) is 2.68. The van der Waals surface area contributed by atoms with Crippen molar-refractivity contribution in [2.24, 2.45) is 0 Å². The lowest BCUT2D eigenvalue weighted by Crippen LogP contribution is -2.43. The fourth-order valence-corrected chi connectivity index (χ4v) is 4.81. The van der Waals surface area contributed by atoms with E-state index in [1.54, 1.807) is 11.3 Å². The molecule has 1 aromatic heterocycles. The molecule has 0 aliphatic carbocycles. The minimum atomic E-state index is 0.133. The molecule has 3 nitrogen and oxygen atoms in total. The Bertz CT molecular complexity index is 414. The second kappa shape index (κ2) is 5.82. The number of nitrogens with zero attached hydrogens (tertiary/aromatic N) is 1. The summed E-state index contributed by atoms with van der Waals surface area (Å²) in [5.74, 6) is 0.133. The Hall–Kier alpha value is 0.0900. The van der Waals surface area contributed by atoms with Gasteiger partial charge in [-0.05, 0) is 57.8 Å². The number of carbonyl (C=O) groups is 1. The lowest BCUT2D eigenvalue weighted by Gasteiger charge is -2.31. The highest BCUT2D eigenvalue weighted by Gasteiger charge is 2.24. The molecular weight excluding hydrogens is 368 g/mol. The monoisotopic (exact) mass is 380 g/mol. The topological polar surface area (TPSA) is 32.3 Å². The van der Waals surface area contributed by atoms with Crippen LogP contribution in [0.15, 0.2) is 13.6 Å². The fourth-order valence-electron chi connectivity index (χ4n) is 2.03. The SMILES string of the molecule is CNC1CCN(C(=O)c2cc(Br)sc2Br)CC1. The van der Waals surface area contributed by atoms with Crippen molar-refractivity contribution in [2.75, 3.05) is 20.1 Å². The van der Waals surface area contributed by atoms with Crippen LogP contribution in [0.25, 0.3) is 0 Å². The van der Waals surface area contributed by atoms with Crippen LogP contribution in [-0.2, 0) is 0 Å². The van der Waals surface area contributed by atoms with Crippen LogP contribution < -0.4 is 5.32 Å². The van der Waals surface area contributed by atoms with Gasteiger partial charge in [0.15, 0.2) is 0 Å². The number of piperidine rings is 1. The van der Waals surface area contributed by atoms with Crippen molar-refractivity contribution in [3.05, 3.63) is 19.2 Å². The van der Waals surface area contributed by atoms with Gasteiger partial charge in [-0.25, -0.2) is 0 Å². The van der Waals surface area contributed by atoms with Crippen LogP contribution in [-0.4, -0.2) is 37.0 Å². The van der Waals surface area contributed by atoms with Crippen LogP contribution >= 0.6 is 43.2 Å². The molecule has 94 valence electrons. The predicted octanol–water partition coefficient (Wildman–Crippen LogP) is 3.10. The maximum atomic E-state index is 12.3. The van der Waals surface area contributed by atoms with E-state index in [0.29, 0.717) is 6.04 Å². The number of rotatable bonds is 2. The highest BCUT2D eigenvalue weighted by Crippen LogP contribution is 2.33. The molecule has 0 bridgehead atoms. The van der Waals surface area contributed by atoms with E-state index in [4.69, 9.17) is 0 Å². The van der Waals surface area contributed by atoms with Crippen molar-refractivity contribution in [1.29, 1.82) is 0 Å². The maximum absolute atomic E-state index is 12.3. The summed E-state index contributed by atoms with van der Waals surface area (Å²) >= 11 is 8.38. The lowest BCUT2D eigenvalue weighted by molar-refractivity contribution is 0.0707. The second-order valence-corrected chi connectivity index (χ2v) is 7.84. The number of nitrogens with one attached hydrogen (secondary N) is 1. The molecule has 0 spiro atoms. The van der Waals surface area contributed by atoms with Crippen molar-refractivity contribution in [3.8, 4) is 0 Å². The molecule has 1 aliphatic rings. The molecule has 1 fully saturated rings. The average molecular weight is 382 g/mol. The number of carbonyl (C=O) groups excluding carboxylic acids is 1. The molecule has 1 N–H and O–H groups in total. The van der Waals surface area contributed by atoms with Gasteiger partial charge in [0, 0.05) is 19.1 Å². The molecule has 0 atom stereocenters. The largest absolute Gasteiger partial charge is 0.338 e. The number of hydrogen-bond donors (Lipinski definition) is 1. The third-order valence-electron chi connectivity index (χ3n) is 3.08. The van der Waals surface area contributed by atoms with Gasteiger partial charge in [-0.15, -0.1) is 11.3 Å². The highest BCUT2D eigenvalue weighted by molar-refractivity contribution is 9.12. The van der Waals surface area contributed by atoms with E-state index >= 15 is 0 Å². The lowest BCUT2D eigenvalue weighted by atomic mass is 10.0. The van der Waals surface area contributed by atoms with E-state index in [9.17, 15) is 4.79 Å². The Morgan fingerprint density at radius 3 is 2.59 bits per heavy atom. The van der Waals surface area contributed by atoms with Gasteiger partial charge in [-0.1, -0.05) is 0 Å². The number of amides is 1. The van der Waals surface area contributed by atoms with Crippen molar-refractivity contribution in [1.82, 2.24) is 10.2 Å². The Morgan fingerprint density at radius 1 is 1.47 bits per heavy atom. The van der Waals surface area contributed by atoms with Crippen molar-refractivity contribution in [2.45, 2.75) is 18.9 Å². The standard InChI is InChI=1S/C11H14Br2N2OS/c1-14-7-2-4-15(5-3-7)11(16)8-6-9(12)17-10(8)13/h6-7,14H,2-5H2,1H3. The summed E-state index contributed by atoms with van der Waals surface area (Å²) in [5.41, 5.74) is 0.768. The summed E-state index contributed by atoms with van der Waals surface area (Å²) in [7, 11) is 1.98. The van der Waals surface area contributed by atoms with Crippen LogP contribution in [0.4, 0.5) is 0 Å². The maximum Gasteiger partial charge on any atom is 0.255 e. The molecule has 1 aromatic rings. The highest BCUT2D eigenvalue weighted by atomic mass is 79.9. The third kappa shape index (κ3) is 3.10. The molecule has 6 heteroatoms. The van der Waals surface area contributed by atoms with Crippen LogP contribution in [0.5, 0.6) is 0 Å². The van der Waals surface area contributed by atoms with Gasteiger partial charge in [-0.2, -0.15) is 0 Å². The first-order chi connectivity index (χ1) is 8.11. The zero-order chi connectivity index (χ0) is 12.4. The molecule has 0 aromatic carbocycles. The number of hydrogen-bond acceptors (Lipinski definition) is 3. The van der Waals surface area contributed by atoms with Gasteiger partial charge in [0.2, 0.25) is 0 Å². The van der Waals surface area contributed by atoms with Gasteiger partial charge < -0.3 is 10.2 Å². The fraction of sp³-hybridized carbons (Fsp3) is 0.545. The first-order valence-corrected chi connectivity index (χ1v) is 7.93. The van der Waals surface area contributed by atoms with Gasteiger partial charge in [-0.3, -0.25) is 4.79 Å². The summed E-state index contributed by atoms with van der Waals surface area (Å²) < 4.78 is 1.89. The molecule has 2 heterocycles. The van der Waals surface area contributed by atoms with Gasteiger partial charge in [0.25, 0.3) is 5.91 Å². The third-order valence-corrected chi connectivity index (χ3v) is 5.42.